The number of esters is 1. The number of hydrogen-bond donors (Lipinski definition) is 0. The van der Waals surface area contributed by atoms with Gasteiger partial charge in [-0.1, -0.05) is 55.5 Å². The molecule has 1 atom stereocenters. The molecule has 0 fully saturated rings. The fraction of sp³-hybridized carbons (Fsp3) is 0.321. The number of benzene rings is 2. The van der Waals surface area contributed by atoms with Crippen LogP contribution in [-0.2, 0) is 9.53 Å². The van der Waals surface area contributed by atoms with Crippen molar-refractivity contribution in [1.29, 1.82) is 0 Å². The average Bonchev–Trinajstić information content (AvgIpc) is 3.17. The first-order valence-electron chi connectivity index (χ1n) is 11.8. The summed E-state index contributed by atoms with van der Waals surface area (Å²) in [4.78, 5) is 31.9. The molecule has 0 saturated carbocycles. The van der Waals surface area contributed by atoms with Gasteiger partial charge in [0.1, 0.15) is 0 Å². The van der Waals surface area contributed by atoms with Crippen LogP contribution in [-0.4, -0.2) is 31.4 Å². The summed E-state index contributed by atoms with van der Waals surface area (Å²) in [5.74, 6) is 0.976. The van der Waals surface area contributed by atoms with E-state index in [0.29, 0.717) is 43.6 Å². The van der Waals surface area contributed by atoms with Crippen LogP contribution in [0.2, 0.25) is 0 Å². The van der Waals surface area contributed by atoms with Gasteiger partial charge in [-0.25, -0.2) is 9.79 Å². The van der Waals surface area contributed by atoms with E-state index in [1.165, 1.54) is 16.9 Å². The highest BCUT2D eigenvalue weighted by Crippen LogP contribution is 2.36. The summed E-state index contributed by atoms with van der Waals surface area (Å²) < 4.78 is 18.3. The lowest BCUT2D eigenvalue weighted by Crippen LogP contribution is -2.39. The van der Waals surface area contributed by atoms with Crippen molar-refractivity contribution in [2.45, 2.75) is 39.7 Å². The molecule has 0 radical (unpaired) electrons. The van der Waals surface area contributed by atoms with Gasteiger partial charge in [0, 0.05) is 0 Å². The molecule has 36 heavy (non-hydrogen) atoms. The second-order valence-corrected chi connectivity index (χ2v) is 9.75. The molecular weight excluding hydrogens is 476 g/mol. The minimum Gasteiger partial charge on any atom is -0.493 e. The second-order valence-electron chi connectivity index (χ2n) is 8.74. The monoisotopic (exact) mass is 506 g/mol. The van der Waals surface area contributed by atoms with Crippen molar-refractivity contribution in [1.82, 2.24) is 4.57 Å². The van der Waals surface area contributed by atoms with Crippen molar-refractivity contribution >= 4 is 23.4 Å². The Hall–Kier alpha value is -3.65. The van der Waals surface area contributed by atoms with Crippen LogP contribution in [0.25, 0.3) is 6.08 Å². The van der Waals surface area contributed by atoms with Crippen molar-refractivity contribution in [3.63, 3.8) is 0 Å². The van der Waals surface area contributed by atoms with Crippen LogP contribution in [0.3, 0.4) is 0 Å². The van der Waals surface area contributed by atoms with Gasteiger partial charge in [-0.05, 0) is 54.7 Å². The van der Waals surface area contributed by atoms with E-state index in [1.54, 1.807) is 44.8 Å². The maximum Gasteiger partial charge on any atom is 0.338 e. The van der Waals surface area contributed by atoms with Crippen LogP contribution >= 0.6 is 11.3 Å². The number of thiazole rings is 1. The summed E-state index contributed by atoms with van der Waals surface area (Å²) in [6.07, 6.45) is 1.86. The summed E-state index contributed by atoms with van der Waals surface area (Å²) in [7, 11) is 3.10. The van der Waals surface area contributed by atoms with Gasteiger partial charge in [0.15, 0.2) is 16.3 Å². The summed E-state index contributed by atoms with van der Waals surface area (Å²) in [6, 6.07) is 12.8. The topological polar surface area (TPSA) is 79.1 Å². The van der Waals surface area contributed by atoms with Gasteiger partial charge in [-0.2, -0.15) is 0 Å². The number of rotatable bonds is 7. The van der Waals surface area contributed by atoms with E-state index in [0.717, 1.165) is 5.56 Å². The van der Waals surface area contributed by atoms with Gasteiger partial charge in [0.25, 0.3) is 5.56 Å². The Kier molecular flexibility index (Phi) is 7.45. The van der Waals surface area contributed by atoms with E-state index in [-0.39, 0.29) is 12.2 Å². The zero-order valence-electron chi connectivity index (χ0n) is 21.3. The highest BCUT2D eigenvalue weighted by atomic mass is 32.1. The molecule has 1 aliphatic heterocycles. The summed E-state index contributed by atoms with van der Waals surface area (Å²) in [5, 5.41) is 0. The van der Waals surface area contributed by atoms with Gasteiger partial charge in [0.05, 0.1) is 42.7 Å². The Morgan fingerprint density at radius 1 is 1.11 bits per heavy atom. The molecule has 4 rings (SSSR count). The minimum atomic E-state index is -0.717. The normalized spacial score (nSPS) is 15.5. The van der Waals surface area contributed by atoms with E-state index < -0.39 is 12.0 Å². The number of carbonyl (C=O) groups excluding carboxylic acids is 1. The summed E-state index contributed by atoms with van der Waals surface area (Å²) >= 11 is 1.30. The Morgan fingerprint density at radius 2 is 1.81 bits per heavy atom. The third-order valence-corrected chi connectivity index (χ3v) is 7.12. The molecule has 1 unspecified atom stereocenters. The van der Waals surface area contributed by atoms with Gasteiger partial charge in [-0.3, -0.25) is 9.36 Å². The Balaban J connectivity index is 1.92. The van der Waals surface area contributed by atoms with Crippen LogP contribution in [0.1, 0.15) is 56.3 Å². The Bertz CT molecular complexity index is 1500. The van der Waals surface area contributed by atoms with Crippen LogP contribution in [0, 0.1) is 0 Å². The highest BCUT2D eigenvalue weighted by molar-refractivity contribution is 7.07. The van der Waals surface area contributed by atoms with Gasteiger partial charge < -0.3 is 14.2 Å². The average molecular weight is 507 g/mol. The fourth-order valence-electron chi connectivity index (χ4n) is 4.26. The van der Waals surface area contributed by atoms with Gasteiger partial charge in [0.2, 0.25) is 0 Å². The van der Waals surface area contributed by atoms with Crippen LogP contribution < -0.4 is 24.4 Å². The van der Waals surface area contributed by atoms with Crippen LogP contribution in [0.5, 0.6) is 11.5 Å². The predicted octanol–water partition coefficient (Wildman–Crippen LogP) is 3.94. The van der Waals surface area contributed by atoms with Crippen molar-refractivity contribution in [3.8, 4) is 11.5 Å². The molecule has 8 heteroatoms. The molecule has 2 heterocycles. The molecule has 0 aliphatic carbocycles. The number of ether oxygens (including phenoxy) is 3. The lowest BCUT2D eigenvalue weighted by atomic mass is 9.95. The van der Waals surface area contributed by atoms with E-state index in [9.17, 15) is 9.59 Å². The fourth-order valence-corrected chi connectivity index (χ4v) is 5.30. The summed E-state index contributed by atoms with van der Waals surface area (Å²) in [5.41, 5.74) is 3.47. The standard InChI is InChI=1S/C28H30N2O5S/c1-7-35-27(32)24-17(4)29-28-30(25(24)20-12-13-21(33-5)22(15-20)34-6)26(31)23(36-28)14-18-8-10-19(11-9-18)16(2)3/h8-16,25H,7H2,1-6H3/b23-14+. The first kappa shape index (κ1) is 25.4. The quantitative estimate of drug-likeness (QED) is 0.454. The lowest BCUT2D eigenvalue weighted by molar-refractivity contribution is -0.139. The predicted molar refractivity (Wildman–Crippen MR) is 140 cm³/mol. The molecule has 7 nitrogen and oxygen atoms in total. The Labute approximate surface area is 214 Å². The SMILES string of the molecule is CCOC(=O)C1=C(C)N=c2s/c(=C/c3ccc(C(C)C)cc3)c(=O)n2C1c1ccc(OC)c(OC)c1. The first-order valence-corrected chi connectivity index (χ1v) is 12.6. The van der Waals surface area contributed by atoms with E-state index in [1.807, 2.05) is 24.3 Å². The zero-order valence-corrected chi connectivity index (χ0v) is 22.1. The van der Waals surface area contributed by atoms with Gasteiger partial charge in [-0.15, -0.1) is 0 Å². The first-order chi connectivity index (χ1) is 17.3. The maximum absolute atomic E-state index is 13.7. The number of carbonyl (C=O) groups is 1. The molecule has 1 aromatic heterocycles. The number of allylic oxidation sites excluding steroid dienone is 1. The highest BCUT2D eigenvalue weighted by Gasteiger charge is 2.33. The van der Waals surface area contributed by atoms with E-state index in [2.05, 4.69) is 31.0 Å². The molecule has 1 aliphatic rings. The largest absolute Gasteiger partial charge is 0.493 e. The number of nitrogens with zero attached hydrogens (tertiary/aromatic N) is 2. The van der Waals surface area contributed by atoms with E-state index in [4.69, 9.17) is 14.2 Å². The maximum atomic E-state index is 13.7. The molecule has 0 N–H and O–H groups in total. The molecule has 188 valence electrons. The van der Waals surface area contributed by atoms with Crippen molar-refractivity contribution in [2.24, 2.45) is 4.99 Å². The number of aromatic nitrogens is 1. The van der Waals surface area contributed by atoms with Crippen molar-refractivity contribution < 1.29 is 19.0 Å². The van der Waals surface area contributed by atoms with Crippen LogP contribution in [0.4, 0.5) is 0 Å². The van der Waals surface area contributed by atoms with E-state index >= 15 is 0 Å². The number of methoxy groups -OCH3 is 2. The lowest BCUT2D eigenvalue weighted by Gasteiger charge is -2.25. The summed E-state index contributed by atoms with van der Waals surface area (Å²) in [6.45, 7) is 8.02. The number of hydrogen-bond acceptors (Lipinski definition) is 7. The third kappa shape index (κ3) is 4.73. The number of fused-ring (bicyclic) bond motifs is 1. The second kappa shape index (κ2) is 10.5. The zero-order chi connectivity index (χ0) is 26.0. The smallest absolute Gasteiger partial charge is 0.338 e. The third-order valence-electron chi connectivity index (χ3n) is 6.14. The molecule has 3 aromatic rings. The van der Waals surface area contributed by atoms with Crippen LogP contribution in [0.15, 0.2) is 63.5 Å². The molecular formula is C28H30N2O5S. The molecule has 0 spiro atoms. The molecule has 0 bridgehead atoms. The molecule has 0 saturated heterocycles. The molecule has 0 amide bonds. The van der Waals surface area contributed by atoms with Gasteiger partial charge >= 0.3 is 5.97 Å². The minimum absolute atomic E-state index is 0.213. The Morgan fingerprint density at radius 3 is 2.42 bits per heavy atom. The molecule has 2 aromatic carbocycles. The van der Waals surface area contributed by atoms with Crippen molar-refractivity contribution in [2.75, 3.05) is 20.8 Å². The van der Waals surface area contributed by atoms with Crippen molar-refractivity contribution in [3.05, 3.63) is 90.1 Å².